The number of esters is 1. The summed E-state index contributed by atoms with van der Waals surface area (Å²) >= 11 is 1.26. The van der Waals surface area contributed by atoms with Gasteiger partial charge in [-0.05, 0) is 29.5 Å². The number of para-hydroxylation sites is 1. The third kappa shape index (κ3) is 4.48. The Labute approximate surface area is 153 Å². The largest absolute Gasteiger partial charge is 0.455 e. The van der Waals surface area contributed by atoms with Crippen LogP contribution in [0.25, 0.3) is 10.9 Å². The number of ether oxygens (including phenoxy) is 1. The lowest BCUT2D eigenvalue weighted by molar-refractivity contribution is -0.148. The number of H-pyrrole nitrogens is 1. The quantitative estimate of drug-likeness (QED) is 0.457. The van der Waals surface area contributed by atoms with Crippen LogP contribution in [0.5, 0.6) is 0 Å². The van der Waals surface area contributed by atoms with Crippen LogP contribution in [0.1, 0.15) is 21.7 Å². The number of fused-ring (bicyclic) bond motifs is 1. The number of aromatic nitrogens is 1. The Morgan fingerprint density at radius 1 is 1.08 bits per heavy atom. The van der Waals surface area contributed by atoms with Crippen molar-refractivity contribution in [3.05, 3.63) is 58.4 Å². The van der Waals surface area contributed by atoms with Gasteiger partial charge < -0.3 is 9.72 Å². The number of benzene rings is 1. The number of aryl methyl sites for hydroxylation is 1. The second-order valence-electron chi connectivity index (χ2n) is 5.50. The van der Waals surface area contributed by atoms with Gasteiger partial charge in [0.05, 0.1) is 4.88 Å². The fourth-order valence-electron chi connectivity index (χ4n) is 2.43. The van der Waals surface area contributed by atoms with E-state index in [4.69, 9.17) is 4.74 Å². The Balaban J connectivity index is 1.38. The summed E-state index contributed by atoms with van der Waals surface area (Å²) in [6, 6.07) is 11.2. The maximum atomic E-state index is 11.8. The third-order valence-corrected chi connectivity index (χ3v) is 4.57. The van der Waals surface area contributed by atoms with Crippen LogP contribution in [0.3, 0.4) is 0 Å². The van der Waals surface area contributed by atoms with Crippen molar-refractivity contribution in [2.45, 2.75) is 12.8 Å². The van der Waals surface area contributed by atoms with E-state index in [-0.39, 0.29) is 6.42 Å². The van der Waals surface area contributed by atoms with Crippen LogP contribution in [0.4, 0.5) is 0 Å². The molecule has 0 aliphatic rings. The number of nitrogens with one attached hydrogen (secondary N) is 3. The van der Waals surface area contributed by atoms with Gasteiger partial charge in [0.15, 0.2) is 6.61 Å². The summed E-state index contributed by atoms with van der Waals surface area (Å²) in [7, 11) is 0. The van der Waals surface area contributed by atoms with Crippen LogP contribution < -0.4 is 10.9 Å². The van der Waals surface area contributed by atoms with Gasteiger partial charge >= 0.3 is 5.97 Å². The first-order valence-electron chi connectivity index (χ1n) is 7.97. The summed E-state index contributed by atoms with van der Waals surface area (Å²) in [5, 5.41) is 2.82. The Hall–Kier alpha value is -3.13. The zero-order valence-electron chi connectivity index (χ0n) is 13.8. The molecule has 134 valence electrons. The number of aromatic amines is 1. The van der Waals surface area contributed by atoms with E-state index in [0.717, 1.165) is 16.5 Å². The van der Waals surface area contributed by atoms with Gasteiger partial charge in [-0.2, -0.15) is 0 Å². The van der Waals surface area contributed by atoms with Crippen LogP contribution in [0.2, 0.25) is 0 Å². The lowest BCUT2D eigenvalue weighted by atomic mass is 10.1. The topological polar surface area (TPSA) is 100 Å². The van der Waals surface area contributed by atoms with Crippen LogP contribution in [0.15, 0.2) is 48.0 Å². The SMILES string of the molecule is O=C(COC(=O)CCc1c[nH]c2ccccc12)NNC(=O)c1cccs1. The summed E-state index contributed by atoms with van der Waals surface area (Å²) < 4.78 is 4.93. The summed E-state index contributed by atoms with van der Waals surface area (Å²) in [6.07, 6.45) is 2.54. The molecule has 2 amide bonds. The molecule has 7 nitrogen and oxygen atoms in total. The maximum Gasteiger partial charge on any atom is 0.306 e. The summed E-state index contributed by atoms with van der Waals surface area (Å²) in [6.45, 7) is -0.447. The van der Waals surface area contributed by atoms with Crippen molar-refractivity contribution in [2.75, 3.05) is 6.61 Å². The summed E-state index contributed by atoms with van der Waals surface area (Å²) in [4.78, 5) is 38.7. The molecule has 2 heterocycles. The van der Waals surface area contributed by atoms with Crippen LogP contribution in [0, 0.1) is 0 Å². The first-order chi connectivity index (χ1) is 12.6. The minimum atomic E-state index is -0.602. The van der Waals surface area contributed by atoms with Crippen LogP contribution in [-0.4, -0.2) is 29.4 Å². The molecule has 0 radical (unpaired) electrons. The molecule has 3 rings (SSSR count). The van der Waals surface area contributed by atoms with Gasteiger partial charge in [0.25, 0.3) is 11.8 Å². The highest BCUT2D eigenvalue weighted by atomic mass is 32.1. The number of hydrogen-bond donors (Lipinski definition) is 3. The first kappa shape index (κ1) is 17.7. The summed E-state index contributed by atoms with van der Waals surface area (Å²) in [5.41, 5.74) is 6.50. The fraction of sp³-hybridized carbons (Fsp3) is 0.167. The van der Waals surface area contributed by atoms with E-state index in [0.29, 0.717) is 11.3 Å². The normalized spacial score (nSPS) is 10.5. The number of hydrazine groups is 1. The average molecular weight is 371 g/mol. The molecule has 2 aromatic heterocycles. The molecule has 8 heteroatoms. The number of hydrogen-bond acceptors (Lipinski definition) is 5. The molecule has 0 atom stereocenters. The Morgan fingerprint density at radius 3 is 2.73 bits per heavy atom. The molecule has 0 bridgehead atoms. The number of rotatable bonds is 6. The average Bonchev–Trinajstić information content (AvgIpc) is 3.32. The molecule has 0 saturated heterocycles. The highest BCUT2D eigenvalue weighted by molar-refractivity contribution is 7.12. The molecule has 0 saturated carbocycles. The monoisotopic (exact) mass is 371 g/mol. The molecule has 0 fully saturated rings. The van der Waals surface area contributed by atoms with Crippen molar-refractivity contribution in [2.24, 2.45) is 0 Å². The van der Waals surface area contributed by atoms with Gasteiger partial charge in [-0.25, -0.2) is 0 Å². The highest BCUT2D eigenvalue weighted by Gasteiger charge is 2.11. The fourth-order valence-corrected chi connectivity index (χ4v) is 3.04. The number of amides is 2. The van der Waals surface area contributed by atoms with Crippen LogP contribution >= 0.6 is 11.3 Å². The number of carbonyl (C=O) groups is 3. The van der Waals surface area contributed by atoms with E-state index in [9.17, 15) is 14.4 Å². The number of carbonyl (C=O) groups excluding carboxylic acids is 3. The van der Waals surface area contributed by atoms with Crippen molar-refractivity contribution in [3.8, 4) is 0 Å². The van der Waals surface area contributed by atoms with E-state index in [2.05, 4.69) is 15.8 Å². The van der Waals surface area contributed by atoms with E-state index in [1.807, 2.05) is 30.5 Å². The van der Waals surface area contributed by atoms with E-state index >= 15 is 0 Å². The van der Waals surface area contributed by atoms with Gasteiger partial charge in [-0.1, -0.05) is 24.3 Å². The second-order valence-corrected chi connectivity index (χ2v) is 6.45. The first-order valence-corrected chi connectivity index (χ1v) is 8.85. The maximum absolute atomic E-state index is 11.8. The van der Waals surface area contributed by atoms with Gasteiger partial charge in [0.1, 0.15) is 0 Å². The molecule has 26 heavy (non-hydrogen) atoms. The predicted octanol–water partition coefficient (Wildman–Crippen LogP) is 2.17. The zero-order chi connectivity index (χ0) is 18.4. The standard InChI is InChI=1S/C18H17N3O4S/c22-16(20-21-18(24)15-6-3-9-26-15)11-25-17(23)8-7-12-10-19-14-5-2-1-4-13(12)14/h1-6,9-10,19H,7-8,11H2,(H,20,22)(H,21,24). The van der Waals surface area contributed by atoms with Gasteiger partial charge in [0, 0.05) is 23.5 Å². The Morgan fingerprint density at radius 2 is 1.92 bits per heavy atom. The smallest absolute Gasteiger partial charge is 0.306 e. The van der Waals surface area contributed by atoms with Crippen molar-refractivity contribution in [1.82, 2.24) is 15.8 Å². The van der Waals surface area contributed by atoms with E-state index in [1.54, 1.807) is 17.5 Å². The molecule has 0 aliphatic carbocycles. The highest BCUT2D eigenvalue weighted by Crippen LogP contribution is 2.19. The molecule has 0 unspecified atom stereocenters. The van der Waals surface area contributed by atoms with Gasteiger partial charge in [-0.15, -0.1) is 11.3 Å². The molecular weight excluding hydrogens is 354 g/mol. The minimum absolute atomic E-state index is 0.163. The van der Waals surface area contributed by atoms with E-state index < -0.39 is 24.4 Å². The molecular formula is C18H17N3O4S. The third-order valence-electron chi connectivity index (χ3n) is 3.70. The van der Waals surface area contributed by atoms with Crippen molar-refractivity contribution >= 4 is 40.0 Å². The minimum Gasteiger partial charge on any atom is -0.455 e. The zero-order valence-corrected chi connectivity index (χ0v) is 14.6. The molecule has 3 aromatic rings. The second kappa shape index (κ2) is 8.30. The molecule has 0 spiro atoms. The predicted molar refractivity (Wildman–Crippen MR) is 97.5 cm³/mol. The number of thiophene rings is 1. The molecule has 0 aliphatic heterocycles. The Bertz CT molecular complexity index is 918. The van der Waals surface area contributed by atoms with Crippen LogP contribution in [-0.2, 0) is 20.7 Å². The lowest BCUT2D eigenvalue weighted by Gasteiger charge is -2.07. The molecule has 3 N–H and O–H groups in total. The lowest BCUT2D eigenvalue weighted by Crippen LogP contribution is -2.43. The Kier molecular flexibility index (Phi) is 5.65. The summed E-state index contributed by atoms with van der Waals surface area (Å²) in [5.74, 6) is -1.50. The molecule has 1 aromatic carbocycles. The van der Waals surface area contributed by atoms with Crippen molar-refractivity contribution in [1.29, 1.82) is 0 Å². The van der Waals surface area contributed by atoms with Gasteiger partial charge in [0.2, 0.25) is 0 Å². The van der Waals surface area contributed by atoms with Gasteiger partial charge in [-0.3, -0.25) is 25.2 Å². The van der Waals surface area contributed by atoms with E-state index in [1.165, 1.54) is 11.3 Å². The van der Waals surface area contributed by atoms with Crippen molar-refractivity contribution < 1.29 is 19.1 Å². The van der Waals surface area contributed by atoms with Crippen molar-refractivity contribution in [3.63, 3.8) is 0 Å².